The number of hydrogen-bond donors (Lipinski definition) is 0. The molecule has 0 aliphatic rings. The van der Waals surface area contributed by atoms with Crippen molar-refractivity contribution in [2.24, 2.45) is 0 Å². The fourth-order valence-corrected chi connectivity index (χ4v) is 2.75. The molecule has 5 nitrogen and oxygen atoms in total. The van der Waals surface area contributed by atoms with E-state index >= 15 is 0 Å². The van der Waals surface area contributed by atoms with Gasteiger partial charge in [-0.25, -0.2) is 4.79 Å². The highest BCUT2D eigenvalue weighted by Crippen LogP contribution is 2.24. The van der Waals surface area contributed by atoms with Crippen molar-refractivity contribution >= 4 is 35.4 Å². The smallest absolute Gasteiger partial charge is 0.347 e. The summed E-state index contributed by atoms with van der Waals surface area (Å²) in [7, 11) is 0. The van der Waals surface area contributed by atoms with Gasteiger partial charge in [-0.1, -0.05) is 41.9 Å². The highest BCUT2D eigenvalue weighted by atomic mass is 35.5. The van der Waals surface area contributed by atoms with Gasteiger partial charge in [0.2, 0.25) is 0 Å². The monoisotopic (exact) mass is 420 g/mol. The van der Waals surface area contributed by atoms with Crippen LogP contribution >= 0.6 is 11.6 Å². The van der Waals surface area contributed by atoms with Crippen molar-refractivity contribution in [3.05, 3.63) is 101 Å². The van der Waals surface area contributed by atoms with Gasteiger partial charge in [-0.2, -0.15) is 0 Å². The van der Waals surface area contributed by atoms with Crippen molar-refractivity contribution in [2.45, 2.75) is 6.92 Å². The predicted octanol–water partition coefficient (Wildman–Crippen LogP) is 5.38. The van der Waals surface area contributed by atoms with Crippen LogP contribution in [0, 0.1) is 0 Å². The number of benzene rings is 3. The summed E-state index contributed by atoms with van der Waals surface area (Å²) >= 11 is 5.84. The van der Waals surface area contributed by atoms with Gasteiger partial charge in [0, 0.05) is 23.1 Å². The fraction of sp³-hybridized carbons (Fsp3) is 0.0417. The molecule has 0 saturated carbocycles. The number of esters is 2. The van der Waals surface area contributed by atoms with Crippen LogP contribution in [-0.2, 0) is 4.79 Å². The summed E-state index contributed by atoms with van der Waals surface area (Å²) in [6.45, 7) is 1.25. The largest absolute Gasteiger partial charge is 0.426 e. The fourth-order valence-electron chi connectivity index (χ4n) is 2.62. The average molecular weight is 421 g/mol. The van der Waals surface area contributed by atoms with Gasteiger partial charge in [0.05, 0.1) is 0 Å². The second kappa shape index (κ2) is 9.67. The Morgan fingerprint density at radius 3 is 2.13 bits per heavy atom. The van der Waals surface area contributed by atoms with Crippen molar-refractivity contribution in [3.8, 4) is 11.5 Å². The molecule has 0 fully saturated rings. The number of halogens is 1. The Hall–Kier alpha value is -3.70. The quantitative estimate of drug-likeness (QED) is 0.232. The molecule has 0 bridgehead atoms. The minimum Gasteiger partial charge on any atom is -0.426 e. The zero-order chi connectivity index (χ0) is 21.5. The lowest BCUT2D eigenvalue weighted by molar-refractivity contribution is -0.131. The van der Waals surface area contributed by atoms with Crippen molar-refractivity contribution < 1.29 is 23.9 Å². The van der Waals surface area contributed by atoms with Crippen molar-refractivity contribution in [1.29, 1.82) is 0 Å². The van der Waals surface area contributed by atoms with Gasteiger partial charge in [-0.3, -0.25) is 9.59 Å². The molecule has 0 unspecified atom stereocenters. The molecule has 0 aliphatic carbocycles. The van der Waals surface area contributed by atoms with E-state index in [1.54, 1.807) is 66.7 Å². The van der Waals surface area contributed by atoms with E-state index in [4.69, 9.17) is 21.1 Å². The standard InChI is InChI=1S/C24H17ClO5/c1-16(26)29-23-9-5-3-7-20(23)24(28)30-22-8-4-2-6-18(22)12-15-21(27)17-10-13-19(25)14-11-17/h2-15H,1H3/b15-12+. The molecule has 0 aliphatic heterocycles. The highest BCUT2D eigenvalue weighted by molar-refractivity contribution is 6.30. The number of ketones is 1. The number of ether oxygens (including phenoxy) is 2. The number of carbonyl (C=O) groups is 3. The van der Waals surface area contributed by atoms with Crippen LogP contribution in [0.4, 0.5) is 0 Å². The van der Waals surface area contributed by atoms with Gasteiger partial charge in [-0.05, 0) is 54.6 Å². The van der Waals surface area contributed by atoms with Crippen LogP contribution in [0.5, 0.6) is 11.5 Å². The van der Waals surface area contributed by atoms with Crippen LogP contribution in [0.15, 0.2) is 78.9 Å². The third-order valence-electron chi connectivity index (χ3n) is 4.03. The van der Waals surface area contributed by atoms with E-state index in [1.165, 1.54) is 25.1 Å². The summed E-state index contributed by atoms with van der Waals surface area (Å²) in [5.41, 5.74) is 1.14. The number of carbonyl (C=O) groups excluding carboxylic acids is 3. The molecule has 0 radical (unpaired) electrons. The van der Waals surface area contributed by atoms with E-state index in [2.05, 4.69) is 0 Å². The zero-order valence-corrected chi connectivity index (χ0v) is 16.8. The summed E-state index contributed by atoms with van der Waals surface area (Å²) in [4.78, 5) is 36.3. The summed E-state index contributed by atoms with van der Waals surface area (Å²) < 4.78 is 10.6. The molecule has 150 valence electrons. The lowest BCUT2D eigenvalue weighted by Gasteiger charge is -2.10. The third kappa shape index (κ3) is 5.43. The zero-order valence-electron chi connectivity index (χ0n) is 16.0. The van der Waals surface area contributed by atoms with Gasteiger partial charge in [0.15, 0.2) is 5.78 Å². The number of rotatable bonds is 6. The van der Waals surface area contributed by atoms with Crippen molar-refractivity contribution in [1.82, 2.24) is 0 Å². The summed E-state index contributed by atoms with van der Waals surface area (Å²) in [5, 5.41) is 0.543. The summed E-state index contributed by atoms with van der Waals surface area (Å²) in [5.74, 6) is -1.06. The maximum atomic E-state index is 12.6. The maximum absolute atomic E-state index is 12.6. The Morgan fingerprint density at radius 1 is 0.800 bits per heavy atom. The van der Waals surface area contributed by atoms with Crippen LogP contribution in [-0.4, -0.2) is 17.7 Å². The molecule has 3 aromatic rings. The second-order valence-electron chi connectivity index (χ2n) is 6.22. The second-order valence-corrected chi connectivity index (χ2v) is 6.66. The molecular formula is C24H17ClO5. The first kappa shape index (κ1) is 21.0. The molecule has 0 atom stereocenters. The molecule has 0 spiro atoms. The minimum atomic E-state index is -0.684. The first-order chi connectivity index (χ1) is 14.4. The van der Waals surface area contributed by atoms with Gasteiger partial charge in [0.1, 0.15) is 17.1 Å². The van der Waals surface area contributed by atoms with Crippen LogP contribution in [0.1, 0.15) is 33.2 Å². The topological polar surface area (TPSA) is 69.7 Å². The van der Waals surface area contributed by atoms with Crippen molar-refractivity contribution in [3.63, 3.8) is 0 Å². The molecule has 3 rings (SSSR count). The summed E-state index contributed by atoms with van der Waals surface area (Å²) in [6, 6.07) is 19.6. The Morgan fingerprint density at radius 2 is 1.43 bits per heavy atom. The normalized spacial score (nSPS) is 10.6. The third-order valence-corrected chi connectivity index (χ3v) is 4.28. The molecule has 0 saturated heterocycles. The minimum absolute atomic E-state index is 0.112. The Balaban J connectivity index is 1.80. The Bertz CT molecular complexity index is 1120. The molecule has 0 amide bonds. The van der Waals surface area contributed by atoms with E-state index in [9.17, 15) is 14.4 Å². The predicted molar refractivity (Wildman–Crippen MR) is 114 cm³/mol. The number of allylic oxidation sites excluding steroid dienone is 1. The van der Waals surface area contributed by atoms with E-state index in [0.717, 1.165) is 0 Å². The first-order valence-corrected chi connectivity index (χ1v) is 9.38. The molecule has 0 N–H and O–H groups in total. The Labute approximate surface area is 178 Å². The maximum Gasteiger partial charge on any atom is 0.347 e. The Kier molecular flexibility index (Phi) is 6.78. The molecule has 0 aromatic heterocycles. The van der Waals surface area contributed by atoms with Gasteiger partial charge in [-0.15, -0.1) is 0 Å². The van der Waals surface area contributed by atoms with E-state index < -0.39 is 11.9 Å². The molecule has 6 heteroatoms. The van der Waals surface area contributed by atoms with Crippen LogP contribution < -0.4 is 9.47 Å². The van der Waals surface area contributed by atoms with Crippen LogP contribution in [0.25, 0.3) is 6.08 Å². The molecule has 3 aromatic carbocycles. The lowest BCUT2D eigenvalue weighted by Crippen LogP contribution is -2.13. The first-order valence-electron chi connectivity index (χ1n) is 9.00. The van der Waals surface area contributed by atoms with Crippen molar-refractivity contribution in [2.75, 3.05) is 0 Å². The van der Waals surface area contributed by atoms with E-state index in [0.29, 0.717) is 16.1 Å². The average Bonchev–Trinajstić information content (AvgIpc) is 2.73. The SMILES string of the molecule is CC(=O)Oc1ccccc1C(=O)Oc1ccccc1/C=C/C(=O)c1ccc(Cl)cc1. The summed E-state index contributed by atoms with van der Waals surface area (Å²) in [6.07, 6.45) is 2.96. The van der Waals surface area contributed by atoms with E-state index in [1.807, 2.05) is 0 Å². The van der Waals surface area contributed by atoms with Gasteiger partial charge in [0.25, 0.3) is 0 Å². The van der Waals surface area contributed by atoms with Crippen LogP contribution in [0.2, 0.25) is 5.02 Å². The highest BCUT2D eigenvalue weighted by Gasteiger charge is 2.17. The molecule has 0 heterocycles. The molecular weight excluding hydrogens is 404 g/mol. The van der Waals surface area contributed by atoms with E-state index in [-0.39, 0.29) is 22.8 Å². The van der Waals surface area contributed by atoms with Crippen LogP contribution in [0.3, 0.4) is 0 Å². The lowest BCUT2D eigenvalue weighted by atomic mass is 10.1. The number of para-hydroxylation sites is 2. The van der Waals surface area contributed by atoms with Gasteiger partial charge < -0.3 is 9.47 Å². The number of hydrogen-bond acceptors (Lipinski definition) is 5. The van der Waals surface area contributed by atoms with Gasteiger partial charge >= 0.3 is 11.9 Å². The molecule has 30 heavy (non-hydrogen) atoms.